The number of aryl methyl sites for hydroxylation is 2. The molecule has 0 amide bonds. The second kappa shape index (κ2) is 7.50. The first-order valence-corrected chi connectivity index (χ1v) is 8.90. The fourth-order valence-electron chi connectivity index (χ4n) is 2.82. The second-order valence-corrected chi connectivity index (χ2v) is 7.04. The lowest BCUT2D eigenvalue weighted by atomic mass is 10.1. The predicted octanol–water partition coefficient (Wildman–Crippen LogP) is 4.43. The topological polar surface area (TPSA) is 33.7 Å². The van der Waals surface area contributed by atoms with Crippen LogP contribution < -0.4 is 14.8 Å². The van der Waals surface area contributed by atoms with Crippen LogP contribution >= 0.6 is 23.8 Å². The van der Waals surface area contributed by atoms with Crippen LogP contribution in [0, 0.1) is 13.8 Å². The van der Waals surface area contributed by atoms with Crippen molar-refractivity contribution in [2.24, 2.45) is 0 Å². The van der Waals surface area contributed by atoms with Crippen LogP contribution in [0.2, 0.25) is 5.02 Å². The van der Waals surface area contributed by atoms with Crippen molar-refractivity contribution in [3.63, 3.8) is 0 Å². The fraction of sp³-hybridized carbons (Fsp3) is 0.316. The number of rotatable bonds is 3. The minimum Gasteiger partial charge on any atom is -0.486 e. The zero-order valence-electron chi connectivity index (χ0n) is 14.5. The minimum absolute atomic E-state index is 0.0887. The highest BCUT2D eigenvalue weighted by Crippen LogP contribution is 2.31. The van der Waals surface area contributed by atoms with Crippen LogP contribution in [0.4, 0.5) is 5.69 Å². The molecule has 1 aliphatic rings. The third-order valence-corrected chi connectivity index (χ3v) is 4.77. The van der Waals surface area contributed by atoms with E-state index in [-0.39, 0.29) is 6.10 Å². The third kappa shape index (κ3) is 4.17. The molecule has 25 heavy (non-hydrogen) atoms. The first kappa shape index (κ1) is 17.8. The Hall–Kier alpha value is -1.98. The zero-order chi connectivity index (χ0) is 18.0. The molecule has 0 aromatic heterocycles. The van der Waals surface area contributed by atoms with E-state index in [1.54, 1.807) is 0 Å². The number of benzene rings is 2. The number of para-hydroxylation sites is 2. The largest absolute Gasteiger partial charge is 0.486 e. The molecule has 0 bridgehead atoms. The Morgan fingerprint density at radius 2 is 2.00 bits per heavy atom. The number of anilines is 1. The summed E-state index contributed by atoms with van der Waals surface area (Å²) in [6, 6.07) is 11.7. The van der Waals surface area contributed by atoms with E-state index in [4.69, 9.17) is 33.3 Å². The third-order valence-electron chi connectivity index (χ3n) is 4.06. The number of nitrogens with one attached hydrogen (secondary N) is 1. The van der Waals surface area contributed by atoms with Gasteiger partial charge in [-0.15, -0.1) is 0 Å². The smallest absolute Gasteiger partial charge is 0.173 e. The van der Waals surface area contributed by atoms with Crippen molar-refractivity contribution in [2.45, 2.75) is 20.0 Å². The van der Waals surface area contributed by atoms with Gasteiger partial charge in [0.2, 0.25) is 0 Å². The summed E-state index contributed by atoms with van der Waals surface area (Å²) in [5.41, 5.74) is 3.03. The molecule has 0 spiro atoms. The molecule has 4 nitrogen and oxygen atoms in total. The van der Waals surface area contributed by atoms with Gasteiger partial charge in [0.25, 0.3) is 0 Å². The van der Waals surface area contributed by atoms with E-state index in [0.29, 0.717) is 23.3 Å². The summed E-state index contributed by atoms with van der Waals surface area (Å²) in [4.78, 5) is 1.94. The van der Waals surface area contributed by atoms with Crippen LogP contribution in [0.1, 0.15) is 11.1 Å². The fourth-order valence-corrected chi connectivity index (χ4v) is 3.36. The molecule has 1 atom stereocenters. The summed E-state index contributed by atoms with van der Waals surface area (Å²) < 4.78 is 11.7. The Bertz CT molecular complexity index is 774. The van der Waals surface area contributed by atoms with Gasteiger partial charge in [-0.3, -0.25) is 0 Å². The predicted molar refractivity (Wildman–Crippen MR) is 106 cm³/mol. The second-order valence-electron chi connectivity index (χ2n) is 6.25. The number of thiocarbonyl (C=S) groups is 1. The normalized spacial score (nSPS) is 15.6. The average molecular weight is 377 g/mol. The van der Waals surface area contributed by atoms with Gasteiger partial charge in [0.1, 0.15) is 6.61 Å². The maximum atomic E-state index is 6.35. The lowest BCUT2D eigenvalue weighted by Crippen LogP contribution is -2.43. The van der Waals surface area contributed by atoms with Crippen molar-refractivity contribution in [3.05, 3.63) is 52.5 Å². The number of likely N-dealkylation sites (N-methyl/N-ethyl adjacent to an activating group) is 1. The average Bonchev–Trinajstić information content (AvgIpc) is 2.57. The first-order valence-electron chi connectivity index (χ1n) is 8.11. The highest BCUT2D eigenvalue weighted by molar-refractivity contribution is 7.80. The van der Waals surface area contributed by atoms with E-state index in [0.717, 1.165) is 28.3 Å². The molecule has 6 heteroatoms. The van der Waals surface area contributed by atoms with E-state index >= 15 is 0 Å². The highest BCUT2D eigenvalue weighted by atomic mass is 35.5. The van der Waals surface area contributed by atoms with E-state index in [9.17, 15) is 0 Å². The molecular formula is C19H21ClN2O2S. The van der Waals surface area contributed by atoms with Gasteiger partial charge in [-0.25, -0.2) is 0 Å². The van der Waals surface area contributed by atoms with Gasteiger partial charge in [0.15, 0.2) is 22.7 Å². The zero-order valence-corrected chi connectivity index (χ0v) is 16.1. The molecule has 1 aliphatic heterocycles. The maximum absolute atomic E-state index is 6.35. The molecule has 0 radical (unpaired) electrons. The number of fused-ring (bicyclic) bond motifs is 1. The lowest BCUT2D eigenvalue weighted by Gasteiger charge is -2.31. The van der Waals surface area contributed by atoms with Crippen LogP contribution in [-0.4, -0.2) is 36.3 Å². The van der Waals surface area contributed by atoms with Gasteiger partial charge in [0.05, 0.1) is 17.3 Å². The summed E-state index contributed by atoms with van der Waals surface area (Å²) in [5.74, 6) is 1.55. The van der Waals surface area contributed by atoms with Crippen LogP contribution in [0.3, 0.4) is 0 Å². The summed E-state index contributed by atoms with van der Waals surface area (Å²) >= 11 is 11.9. The minimum atomic E-state index is -0.0887. The molecule has 0 aliphatic carbocycles. The molecule has 2 aromatic carbocycles. The molecule has 132 valence electrons. The van der Waals surface area contributed by atoms with Gasteiger partial charge in [-0.05, 0) is 55.4 Å². The number of halogens is 1. The van der Waals surface area contributed by atoms with Crippen molar-refractivity contribution < 1.29 is 9.47 Å². The molecule has 2 aromatic rings. The van der Waals surface area contributed by atoms with Crippen molar-refractivity contribution >= 4 is 34.6 Å². The molecule has 0 fully saturated rings. The molecule has 3 rings (SSSR count). The standard InChI is InChI=1S/C19H21ClN2O2S/c1-12-8-13(2)18(15(20)9-12)21-19(25)22(3)10-14-11-23-16-6-4-5-7-17(16)24-14/h4-9,14H,10-11H2,1-3H3,(H,21,25)/t14-/m0/s1. The van der Waals surface area contributed by atoms with Crippen molar-refractivity contribution in [1.82, 2.24) is 4.90 Å². The van der Waals surface area contributed by atoms with E-state index in [1.807, 2.05) is 56.1 Å². The molecular weight excluding hydrogens is 356 g/mol. The quantitative estimate of drug-likeness (QED) is 0.801. The SMILES string of the molecule is Cc1cc(C)c(NC(=S)N(C)C[C@H]2COc3ccccc3O2)c(Cl)c1. The monoisotopic (exact) mass is 376 g/mol. The Labute approximate surface area is 158 Å². The van der Waals surface area contributed by atoms with E-state index < -0.39 is 0 Å². The first-order chi connectivity index (χ1) is 11.9. The molecule has 1 heterocycles. The molecule has 0 unspecified atom stereocenters. The lowest BCUT2D eigenvalue weighted by molar-refractivity contribution is 0.0784. The van der Waals surface area contributed by atoms with Crippen molar-refractivity contribution in [3.8, 4) is 11.5 Å². The number of ether oxygens (including phenoxy) is 2. The Morgan fingerprint density at radius 1 is 1.28 bits per heavy atom. The van der Waals surface area contributed by atoms with Crippen LogP contribution in [0.25, 0.3) is 0 Å². The summed E-state index contributed by atoms with van der Waals surface area (Å²) in [6.07, 6.45) is -0.0887. The Kier molecular flexibility index (Phi) is 5.35. The summed E-state index contributed by atoms with van der Waals surface area (Å²) in [6.45, 7) is 5.14. The van der Waals surface area contributed by atoms with Gasteiger partial charge < -0.3 is 19.7 Å². The number of nitrogens with zero attached hydrogens (tertiary/aromatic N) is 1. The Morgan fingerprint density at radius 3 is 2.72 bits per heavy atom. The van der Waals surface area contributed by atoms with Gasteiger partial charge in [-0.2, -0.15) is 0 Å². The van der Waals surface area contributed by atoms with Crippen LogP contribution in [0.5, 0.6) is 11.5 Å². The number of hydrogen-bond acceptors (Lipinski definition) is 3. The maximum Gasteiger partial charge on any atom is 0.173 e. The van der Waals surface area contributed by atoms with Gasteiger partial charge in [-0.1, -0.05) is 29.8 Å². The highest BCUT2D eigenvalue weighted by Gasteiger charge is 2.23. The van der Waals surface area contributed by atoms with Crippen LogP contribution in [-0.2, 0) is 0 Å². The summed E-state index contributed by atoms with van der Waals surface area (Å²) in [7, 11) is 1.93. The molecule has 1 N–H and O–H groups in total. The van der Waals surface area contributed by atoms with Gasteiger partial charge in [0, 0.05) is 7.05 Å². The molecule has 0 saturated heterocycles. The summed E-state index contributed by atoms with van der Waals surface area (Å²) in [5, 5.41) is 4.50. The Balaban J connectivity index is 1.62. The van der Waals surface area contributed by atoms with Gasteiger partial charge >= 0.3 is 0 Å². The molecule has 0 saturated carbocycles. The number of hydrogen-bond donors (Lipinski definition) is 1. The van der Waals surface area contributed by atoms with Crippen molar-refractivity contribution in [1.29, 1.82) is 0 Å². The van der Waals surface area contributed by atoms with E-state index in [1.165, 1.54) is 0 Å². The van der Waals surface area contributed by atoms with Crippen molar-refractivity contribution in [2.75, 3.05) is 25.5 Å². The van der Waals surface area contributed by atoms with Crippen LogP contribution in [0.15, 0.2) is 36.4 Å². The van der Waals surface area contributed by atoms with E-state index in [2.05, 4.69) is 11.4 Å².